The van der Waals surface area contributed by atoms with Crippen LogP contribution >= 0.6 is 11.6 Å². The molecule has 2 aromatic carbocycles. The van der Waals surface area contributed by atoms with Gasteiger partial charge >= 0.3 is 5.97 Å². The third-order valence-corrected chi connectivity index (χ3v) is 5.80. The Morgan fingerprint density at radius 2 is 1.67 bits per heavy atom. The molecule has 8 heteroatoms. The normalized spacial score (nSPS) is 14.1. The maximum Gasteiger partial charge on any atom is 0.306 e. The van der Waals surface area contributed by atoms with Crippen molar-refractivity contribution in [3.8, 4) is 11.5 Å². The lowest BCUT2D eigenvalue weighted by molar-refractivity contribution is -0.143. The van der Waals surface area contributed by atoms with Crippen LogP contribution in [0.2, 0.25) is 5.02 Å². The Morgan fingerprint density at radius 1 is 0.970 bits per heavy atom. The van der Waals surface area contributed by atoms with Crippen molar-refractivity contribution in [2.24, 2.45) is 0 Å². The fraction of sp³-hybridized carbons (Fsp3) is 0.440. The summed E-state index contributed by atoms with van der Waals surface area (Å²) in [5.74, 6) is 0.772. The van der Waals surface area contributed by atoms with E-state index in [-0.39, 0.29) is 18.5 Å². The number of rotatable bonds is 10. The van der Waals surface area contributed by atoms with Crippen molar-refractivity contribution in [1.29, 1.82) is 0 Å². The van der Waals surface area contributed by atoms with E-state index in [1.165, 1.54) is 5.56 Å². The van der Waals surface area contributed by atoms with E-state index in [1.807, 2.05) is 41.3 Å². The van der Waals surface area contributed by atoms with Gasteiger partial charge in [0.1, 0.15) is 0 Å². The van der Waals surface area contributed by atoms with Crippen LogP contribution in [0.1, 0.15) is 24.5 Å². The highest BCUT2D eigenvalue weighted by atomic mass is 35.5. The summed E-state index contributed by atoms with van der Waals surface area (Å²) in [6, 6.07) is 13.3. The fourth-order valence-electron chi connectivity index (χ4n) is 3.70. The average molecular weight is 475 g/mol. The van der Waals surface area contributed by atoms with Gasteiger partial charge in [-0.2, -0.15) is 0 Å². The maximum atomic E-state index is 12.7. The molecule has 33 heavy (non-hydrogen) atoms. The zero-order chi connectivity index (χ0) is 23.6. The minimum absolute atomic E-state index is 0.0459. The number of piperazine rings is 1. The van der Waals surface area contributed by atoms with Crippen LogP contribution in [0.4, 0.5) is 0 Å². The molecule has 1 aliphatic rings. The first-order valence-electron chi connectivity index (χ1n) is 11.2. The van der Waals surface area contributed by atoms with E-state index in [2.05, 4.69) is 4.90 Å². The molecule has 0 aliphatic carbocycles. The van der Waals surface area contributed by atoms with Gasteiger partial charge in [0.15, 0.2) is 18.1 Å². The van der Waals surface area contributed by atoms with E-state index in [4.69, 9.17) is 25.8 Å². The minimum atomic E-state index is -0.226. The third kappa shape index (κ3) is 7.65. The van der Waals surface area contributed by atoms with Gasteiger partial charge in [0.05, 0.1) is 13.7 Å². The van der Waals surface area contributed by atoms with Crippen LogP contribution in [-0.2, 0) is 27.3 Å². The number of methoxy groups -OCH3 is 1. The first-order valence-corrected chi connectivity index (χ1v) is 11.6. The number of hydrogen-bond acceptors (Lipinski definition) is 6. The summed E-state index contributed by atoms with van der Waals surface area (Å²) < 4.78 is 16.1. The van der Waals surface area contributed by atoms with Gasteiger partial charge in [0, 0.05) is 44.2 Å². The molecule has 0 saturated carbocycles. The Bertz CT molecular complexity index is 927. The van der Waals surface area contributed by atoms with Gasteiger partial charge in [-0.05, 0) is 48.7 Å². The molecule has 0 spiro atoms. The highest BCUT2D eigenvalue weighted by Gasteiger charge is 2.22. The van der Waals surface area contributed by atoms with Gasteiger partial charge in [0.2, 0.25) is 0 Å². The summed E-state index contributed by atoms with van der Waals surface area (Å²) in [6.07, 6.45) is 0.856. The van der Waals surface area contributed by atoms with Crippen molar-refractivity contribution in [3.05, 3.63) is 58.6 Å². The largest absolute Gasteiger partial charge is 0.493 e. The second kappa shape index (κ2) is 12.5. The van der Waals surface area contributed by atoms with Gasteiger partial charge in [-0.1, -0.05) is 29.8 Å². The van der Waals surface area contributed by atoms with E-state index in [0.29, 0.717) is 44.0 Å². The van der Waals surface area contributed by atoms with E-state index in [9.17, 15) is 9.59 Å². The van der Waals surface area contributed by atoms with Gasteiger partial charge in [0.25, 0.3) is 5.91 Å². The molecular weight excluding hydrogens is 444 g/mol. The zero-order valence-electron chi connectivity index (χ0n) is 19.2. The van der Waals surface area contributed by atoms with Gasteiger partial charge in [-0.3, -0.25) is 14.5 Å². The highest BCUT2D eigenvalue weighted by molar-refractivity contribution is 6.30. The molecule has 7 nitrogen and oxygen atoms in total. The van der Waals surface area contributed by atoms with Gasteiger partial charge < -0.3 is 19.1 Å². The number of amides is 1. The molecular formula is C25H31ClN2O5. The fourth-order valence-corrected chi connectivity index (χ4v) is 3.83. The second-order valence-corrected chi connectivity index (χ2v) is 8.30. The molecule has 0 atom stereocenters. The highest BCUT2D eigenvalue weighted by Crippen LogP contribution is 2.28. The lowest BCUT2D eigenvalue weighted by Crippen LogP contribution is -2.49. The zero-order valence-corrected chi connectivity index (χ0v) is 20.0. The molecule has 1 saturated heterocycles. The number of benzene rings is 2. The molecule has 0 N–H and O–H groups in total. The quantitative estimate of drug-likeness (QED) is 0.490. The van der Waals surface area contributed by atoms with Crippen LogP contribution in [0.25, 0.3) is 0 Å². The number of esters is 1. The summed E-state index contributed by atoms with van der Waals surface area (Å²) in [5, 5.41) is 0.733. The van der Waals surface area contributed by atoms with E-state index >= 15 is 0 Å². The first-order chi connectivity index (χ1) is 16.0. The van der Waals surface area contributed by atoms with Crippen LogP contribution in [0, 0.1) is 0 Å². The summed E-state index contributed by atoms with van der Waals surface area (Å²) in [4.78, 5) is 28.4. The summed E-state index contributed by atoms with van der Waals surface area (Å²) in [6.45, 7) is 5.92. The Hall–Kier alpha value is -2.77. The third-order valence-electron chi connectivity index (χ3n) is 5.55. The Morgan fingerprint density at radius 3 is 2.33 bits per heavy atom. The predicted molar refractivity (Wildman–Crippen MR) is 127 cm³/mol. The summed E-state index contributed by atoms with van der Waals surface area (Å²) in [7, 11) is 1.55. The number of carbonyl (C=O) groups is 2. The molecule has 1 aliphatic heterocycles. The van der Waals surface area contributed by atoms with Crippen LogP contribution in [0.3, 0.4) is 0 Å². The van der Waals surface area contributed by atoms with Crippen molar-refractivity contribution in [1.82, 2.24) is 9.80 Å². The van der Waals surface area contributed by atoms with E-state index in [0.717, 1.165) is 30.2 Å². The second-order valence-electron chi connectivity index (χ2n) is 7.86. The molecule has 3 rings (SSSR count). The Balaban J connectivity index is 1.45. The smallest absolute Gasteiger partial charge is 0.306 e. The molecule has 2 aromatic rings. The number of aryl methyl sites for hydroxylation is 1. The predicted octanol–water partition coefficient (Wildman–Crippen LogP) is 3.57. The van der Waals surface area contributed by atoms with Gasteiger partial charge in [-0.25, -0.2) is 0 Å². The van der Waals surface area contributed by atoms with Crippen molar-refractivity contribution >= 4 is 23.5 Å². The summed E-state index contributed by atoms with van der Waals surface area (Å²) in [5.41, 5.74) is 2.15. The topological polar surface area (TPSA) is 68.3 Å². The van der Waals surface area contributed by atoms with Crippen molar-refractivity contribution in [3.63, 3.8) is 0 Å². The molecule has 0 bridgehead atoms. The molecule has 0 unspecified atom stereocenters. The number of nitrogens with zero attached hydrogens (tertiary/aromatic N) is 2. The molecule has 1 heterocycles. The molecule has 0 aromatic heterocycles. The van der Waals surface area contributed by atoms with Gasteiger partial charge in [-0.15, -0.1) is 0 Å². The minimum Gasteiger partial charge on any atom is -0.493 e. The van der Waals surface area contributed by atoms with Crippen LogP contribution < -0.4 is 9.47 Å². The van der Waals surface area contributed by atoms with Crippen LogP contribution in [0.15, 0.2) is 42.5 Å². The molecule has 1 amide bonds. The molecule has 1 fully saturated rings. The SMILES string of the molecule is CCOC(=O)CCc1ccc(OCC(=O)N2CCN(Cc3ccc(Cl)cc3)CC2)c(OC)c1. The van der Waals surface area contributed by atoms with E-state index in [1.54, 1.807) is 20.1 Å². The average Bonchev–Trinajstić information content (AvgIpc) is 2.83. The Kier molecular flexibility index (Phi) is 9.39. The molecule has 0 radical (unpaired) electrons. The van der Waals surface area contributed by atoms with Crippen LogP contribution in [0.5, 0.6) is 11.5 Å². The van der Waals surface area contributed by atoms with Crippen molar-refractivity contribution < 1.29 is 23.8 Å². The van der Waals surface area contributed by atoms with Crippen LogP contribution in [-0.4, -0.2) is 68.2 Å². The van der Waals surface area contributed by atoms with Crippen molar-refractivity contribution in [2.45, 2.75) is 26.3 Å². The van der Waals surface area contributed by atoms with Crippen molar-refractivity contribution in [2.75, 3.05) is 46.5 Å². The summed E-state index contributed by atoms with van der Waals surface area (Å²) >= 11 is 5.95. The maximum absolute atomic E-state index is 12.7. The standard InChI is InChI=1S/C25H31ClN2O5/c1-3-32-25(30)11-7-19-6-10-22(23(16-19)31-2)33-18-24(29)28-14-12-27(13-15-28)17-20-4-8-21(26)9-5-20/h4-6,8-10,16H,3,7,11-15,17-18H2,1-2H3. The monoisotopic (exact) mass is 474 g/mol. The number of halogens is 1. The number of hydrogen-bond donors (Lipinski definition) is 0. The lowest BCUT2D eigenvalue weighted by Gasteiger charge is -2.34. The number of ether oxygens (including phenoxy) is 3. The molecule has 178 valence electrons. The van der Waals surface area contributed by atoms with E-state index < -0.39 is 0 Å². The lowest BCUT2D eigenvalue weighted by atomic mass is 10.1. The first kappa shape index (κ1) is 24.9. The Labute approximate surface area is 200 Å². The number of carbonyl (C=O) groups excluding carboxylic acids is 2.